The Morgan fingerprint density at radius 3 is 2.43 bits per heavy atom. The summed E-state index contributed by atoms with van der Waals surface area (Å²) in [5.41, 5.74) is 2.29. The minimum Gasteiger partial charge on any atom is -0.497 e. The fourth-order valence-corrected chi connectivity index (χ4v) is 2.58. The Kier molecular flexibility index (Phi) is 5.37. The molecule has 1 N–H and O–H groups in total. The molecule has 0 spiro atoms. The smallest absolute Gasteiger partial charge is 0.119 e. The number of benzene rings is 2. The average molecular weight is 313 g/mol. The molecule has 4 nitrogen and oxygen atoms in total. The van der Waals surface area contributed by atoms with Crippen LogP contribution >= 0.6 is 0 Å². The molecule has 0 amide bonds. The van der Waals surface area contributed by atoms with Crippen LogP contribution < -0.4 is 14.8 Å². The van der Waals surface area contributed by atoms with E-state index in [2.05, 4.69) is 17.4 Å². The fraction of sp³-hybridized carbons (Fsp3) is 0.368. The van der Waals surface area contributed by atoms with Gasteiger partial charge in [-0.25, -0.2) is 0 Å². The first kappa shape index (κ1) is 15.7. The molecule has 2 aromatic rings. The zero-order valence-corrected chi connectivity index (χ0v) is 13.5. The number of ether oxygens (including phenoxy) is 3. The highest BCUT2D eigenvalue weighted by Crippen LogP contribution is 2.19. The maximum atomic E-state index is 5.77. The Morgan fingerprint density at radius 2 is 1.78 bits per heavy atom. The third-order valence-corrected chi connectivity index (χ3v) is 3.97. The van der Waals surface area contributed by atoms with Gasteiger partial charge in [-0.15, -0.1) is 0 Å². The molecule has 23 heavy (non-hydrogen) atoms. The van der Waals surface area contributed by atoms with E-state index in [1.54, 1.807) is 7.11 Å². The van der Waals surface area contributed by atoms with Crippen molar-refractivity contribution >= 4 is 5.69 Å². The van der Waals surface area contributed by atoms with Gasteiger partial charge in [0.2, 0.25) is 0 Å². The van der Waals surface area contributed by atoms with Gasteiger partial charge < -0.3 is 19.5 Å². The summed E-state index contributed by atoms with van der Waals surface area (Å²) in [6, 6.07) is 16.1. The molecule has 0 saturated carbocycles. The molecular weight excluding hydrogens is 290 g/mol. The summed E-state index contributed by atoms with van der Waals surface area (Å²) in [5.74, 6) is 1.76. The predicted molar refractivity (Wildman–Crippen MR) is 91.2 cm³/mol. The summed E-state index contributed by atoms with van der Waals surface area (Å²) in [6.45, 7) is 2.28. The summed E-state index contributed by atoms with van der Waals surface area (Å²) >= 11 is 0. The molecule has 4 heteroatoms. The lowest BCUT2D eigenvalue weighted by Crippen LogP contribution is -2.16. The second kappa shape index (κ2) is 7.88. The molecule has 0 aliphatic carbocycles. The van der Waals surface area contributed by atoms with Crippen molar-refractivity contribution < 1.29 is 14.2 Å². The first-order valence-corrected chi connectivity index (χ1v) is 8.05. The Labute approximate surface area is 137 Å². The van der Waals surface area contributed by atoms with Crippen LogP contribution in [-0.4, -0.2) is 26.4 Å². The van der Waals surface area contributed by atoms with Gasteiger partial charge in [0.1, 0.15) is 18.1 Å². The molecular formula is C19H23NO3. The lowest BCUT2D eigenvalue weighted by Gasteiger charge is -2.12. The average Bonchev–Trinajstić information content (AvgIpc) is 3.13. The second-order valence-electron chi connectivity index (χ2n) is 5.67. The third-order valence-electron chi connectivity index (χ3n) is 3.97. The van der Waals surface area contributed by atoms with Gasteiger partial charge in [0.25, 0.3) is 0 Å². The Bertz CT molecular complexity index is 589. The summed E-state index contributed by atoms with van der Waals surface area (Å²) in [7, 11) is 1.68. The number of hydrogen-bond donors (Lipinski definition) is 1. The molecule has 1 heterocycles. The molecule has 2 aromatic carbocycles. The SMILES string of the molecule is COc1ccc(CNc2ccc(OCC3CCCO3)cc2)cc1. The molecule has 1 fully saturated rings. The summed E-state index contributed by atoms with van der Waals surface area (Å²) < 4.78 is 16.5. The van der Waals surface area contributed by atoms with Crippen LogP contribution in [0.5, 0.6) is 11.5 Å². The summed E-state index contributed by atoms with van der Waals surface area (Å²) in [6.07, 6.45) is 2.49. The van der Waals surface area contributed by atoms with Gasteiger partial charge in [0.15, 0.2) is 0 Å². The van der Waals surface area contributed by atoms with Crippen molar-refractivity contribution in [1.82, 2.24) is 0 Å². The number of methoxy groups -OCH3 is 1. The van der Waals surface area contributed by atoms with Crippen LogP contribution in [0.15, 0.2) is 48.5 Å². The highest BCUT2D eigenvalue weighted by atomic mass is 16.5. The third kappa shape index (κ3) is 4.63. The van der Waals surface area contributed by atoms with Crippen molar-refractivity contribution in [3.8, 4) is 11.5 Å². The van der Waals surface area contributed by atoms with Crippen molar-refractivity contribution in [3.63, 3.8) is 0 Å². The van der Waals surface area contributed by atoms with E-state index in [1.807, 2.05) is 36.4 Å². The first-order chi connectivity index (χ1) is 11.3. The molecule has 1 saturated heterocycles. The topological polar surface area (TPSA) is 39.7 Å². The maximum absolute atomic E-state index is 5.77. The molecule has 1 atom stereocenters. The standard InChI is InChI=1S/C19H23NO3/c1-21-17-8-4-15(5-9-17)13-20-16-6-10-18(11-7-16)23-14-19-3-2-12-22-19/h4-11,19-20H,2-3,12-14H2,1H3. The fourth-order valence-electron chi connectivity index (χ4n) is 2.58. The van der Waals surface area contributed by atoms with Gasteiger partial charge in [0, 0.05) is 18.8 Å². The van der Waals surface area contributed by atoms with Crippen molar-refractivity contribution in [3.05, 3.63) is 54.1 Å². The van der Waals surface area contributed by atoms with Crippen molar-refractivity contribution in [2.45, 2.75) is 25.5 Å². The highest BCUT2D eigenvalue weighted by Gasteiger charge is 2.15. The van der Waals surface area contributed by atoms with Gasteiger partial charge in [-0.05, 0) is 54.8 Å². The Morgan fingerprint density at radius 1 is 1.04 bits per heavy atom. The number of hydrogen-bond acceptors (Lipinski definition) is 4. The van der Waals surface area contributed by atoms with Crippen LogP contribution in [-0.2, 0) is 11.3 Å². The van der Waals surface area contributed by atoms with Crippen LogP contribution in [0.25, 0.3) is 0 Å². The monoisotopic (exact) mass is 313 g/mol. The van der Waals surface area contributed by atoms with Gasteiger partial charge in [-0.2, -0.15) is 0 Å². The molecule has 3 rings (SSSR count). The van der Waals surface area contributed by atoms with Crippen molar-refractivity contribution in [1.29, 1.82) is 0 Å². The van der Waals surface area contributed by atoms with Crippen LogP contribution in [0.4, 0.5) is 5.69 Å². The van der Waals surface area contributed by atoms with E-state index < -0.39 is 0 Å². The van der Waals surface area contributed by atoms with E-state index in [1.165, 1.54) is 5.56 Å². The molecule has 1 aliphatic heterocycles. The zero-order chi connectivity index (χ0) is 15.9. The molecule has 122 valence electrons. The van der Waals surface area contributed by atoms with Crippen molar-refractivity contribution in [2.75, 3.05) is 25.6 Å². The molecule has 1 unspecified atom stereocenters. The van der Waals surface area contributed by atoms with E-state index in [-0.39, 0.29) is 6.10 Å². The zero-order valence-electron chi connectivity index (χ0n) is 13.5. The van der Waals surface area contributed by atoms with E-state index >= 15 is 0 Å². The summed E-state index contributed by atoms with van der Waals surface area (Å²) in [4.78, 5) is 0. The first-order valence-electron chi connectivity index (χ1n) is 8.05. The minimum atomic E-state index is 0.253. The normalized spacial score (nSPS) is 17.0. The minimum absolute atomic E-state index is 0.253. The van der Waals surface area contributed by atoms with E-state index in [4.69, 9.17) is 14.2 Å². The number of nitrogens with one attached hydrogen (secondary N) is 1. The second-order valence-corrected chi connectivity index (χ2v) is 5.67. The lowest BCUT2D eigenvalue weighted by atomic mass is 10.2. The molecule has 0 radical (unpaired) electrons. The number of anilines is 1. The predicted octanol–water partition coefficient (Wildman–Crippen LogP) is 3.87. The quantitative estimate of drug-likeness (QED) is 0.842. The lowest BCUT2D eigenvalue weighted by molar-refractivity contribution is 0.0679. The molecule has 1 aliphatic rings. The van der Waals surface area contributed by atoms with Gasteiger partial charge in [-0.3, -0.25) is 0 Å². The Balaban J connectivity index is 1.46. The van der Waals surface area contributed by atoms with Gasteiger partial charge in [-0.1, -0.05) is 12.1 Å². The van der Waals surface area contributed by atoms with Gasteiger partial charge in [0.05, 0.1) is 13.2 Å². The molecule has 0 bridgehead atoms. The van der Waals surface area contributed by atoms with Crippen LogP contribution in [0.1, 0.15) is 18.4 Å². The summed E-state index contributed by atoms with van der Waals surface area (Å²) in [5, 5.41) is 3.40. The van der Waals surface area contributed by atoms with Crippen LogP contribution in [0.2, 0.25) is 0 Å². The Hall–Kier alpha value is -2.20. The van der Waals surface area contributed by atoms with Gasteiger partial charge >= 0.3 is 0 Å². The van der Waals surface area contributed by atoms with Crippen molar-refractivity contribution in [2.24, 2.45) is 0 Å². The molecule has 0 aromatic heterocycles. The van der Waals surface area contributed by atoms with Crippen LogP contribution in [0.3, 0.4) is 0 Å². The van der Waals surface area contributed by atoms with E-state index in [9.17, 15) is 0 Å². The van der Waals surface area contributed by atoms with E-state index in [0.717, 1.165) is 43.2 Å². The van der Waals surface area contributed by atoms with E-state index in [0.29, 0.717) is 6.61 Å². The highest BCUT2D eigenvalue weighted by molar-refractivity contribution is 5.47. The maximum Gasteiger partial charge on any atom is 0.119 e. The number of rotatable bonds is 7. The van der Waals surface area contributed by atoms with Crippen LogP contribution in [0, 0.1) is 0 Å². The largest absolute Gasteiger partial charge is 0.497 e.